The Morgan fingerprint density at radius 2 is 2.32 bits per heavy atom. The predicted molar refractivity (Wildman–Crippen MR) is 82.9 cm³/mol. The topological polar surface area (TPSA) is 63.3 Å². The molecule has 102 valence electrons. The second-order valence-electron chi connectivity index (χ2n) is 4.19. The fraction of sp³-hybridized carbons (Fsp3) is 0.385. The van der Waals surface area contributed by atoms with E-state index >= 15 is 0 Å². The van der Waals surface area contributed by atoms with Gasteiger partial charge in [0.1, 0.15) is 0 Å². The number of hydrogen-bond donors (Lipinski definition) is 2. The van der Waals surface area contributed by atoms with Gasteiger partial charge in [0.05, 0.1) is 17.2 Å². The van der Waals surface area contributed by atoms with Crippen molar-refractivity contribution in [3.05, 3.63) is 38.0 Å². The summed E-state index contributed by atoms with van der Waals surface area (Å²) < 4.78 is 0. The maximum absolute atomic E-state index is 5.84. The number of nitrogens with one attached hydrogen (secondary N) is 1. The van der Waals surface area contributed by atoms with E-state index in [1.54, 1.807) is 22.7 Å². The Hall–Kier alpha value is -1.40. The molecule has 0 bridgehead atoms. The molecule has 0 saturated carbocycles. The van der Waals surface area contributed by atoms with E-state index in [2.05, 4.69) is 39.7 Å². The van der Waals surface area contributed by atoms with E-state index in [4.69, 9.17) is 5.73 Å². The van der Waals surface area contributed by atoms with Crippen LogP contribution in [0.3, 0.4) is 0 Å². The van der Waals surface area contributed by atoms with E-state index in [0.29, 0.717) is 12.5 Å². The second kappa shape index (κ2) is 6.68. The standard InChI is InChI=1S/C13H18N4S2/c1-9-12(17-10(2)19-9)8-16-13(14)15-6-5-11-4-3-7-18-11/h3-4,7H,5-6,8H2,1-2H3,(H3,14,15,16). The predicted octanol–water partition coefficient (Wildman–Crippen LogP) is 2.47. The van der Waals surface area contributed by atoms with Gasteiger partial charge in [-0.2, -0.15) is 0 Å². The van der Waals surface area contributed by atoms with Crippen molar-refractivity contribution >= 4 is 28.6 Å². The molecule has 2 rings (SSSR count). The molecule has 0 spiro atoms. The third kappa shape index (κ3) is 4.33. The van der Waals surface area contributed by atoms with Crippen LogP contribution in [-0.2, 0) is 13.0 Å². The number of guanidine groups is 1. The van der Waals surface area contributed by atoms with E-state index in [0.717, 1.165) is 23.7 Å². The quantitative estimate of drug-likeness (QED) is 0.658. The summed E-state index contributed by atoms with van der Waals surface area (Å²) in [5.41, 5.74) is 6.85. The molecule has 0 aliphatic carbocycles. The zero-order valence-corrected chi connectivity index (χ0v) is 12.8. The van der Waals surface area contributed by atoms with Crippen molar-refractivity contribution in [1.82, 2.24) is 10.3 Å². The van der Waals surface area contributed by atoms with Crippen LogP contribution in [0.4, 0.5) is 0 Å². The number of thiophene rings is 1. The number of nitrogens with two attached hydrogens (primary N) is 1. The minimum atomic E-state index is 0.488. The lowest BCUT2D eigenvalue weighted by Gasteiger charge is -2.04. The van der Waals surface area contributed by atoms with Crippen LogP contribution in [0.2, 0.25) is 0 Å². The second-order valence-corrected chi connectivity index (χ2v) is 6.63. The van der Waals surface area contributed by atoms with E-state index in [-0.39, 0.29) is 0 Å². The Bertz CT molecular complexity index is 543. The number of hydrogen-bond acceptors (Lipinski definition) is 4. The Morgan fingerprint density at radius 3 is 2.95 bits per heavy atom. The van der Waals surface area contributed by atoms with Crippen molar-refractivity contribution < 1.29 is 0 Å². The fourth-order valence-electron chi connectivity index (χ4n) is 1.70. The molecule has 0 aliphatic heterocycles. The zero-order chi connectivity index (χ0) is 13.7. The first-order valence-corrected chi connectivity index (χ1v) is 7.84. The van der Waals surface area contributed by atoms with Gasteiger partial charge in [-0.15, -0.1) is 22.7 Å². The van der Waals surface area contributed by atoms with Crippen LogP contribution in [0.25, 0.3) is 0 Å². The molecule has 3 N–H and O–H groups in total. The summed E-state index contributed by atoms with van der Waals surface area (Å²) >= 11 is 3.46. The number of aryl methyl sites for hydroxylation is 2. The van der Waals surface area contributed by atoms with E-state index in [1.807, 2.05) is 6.92 Å². The molecule has 0 aliphatic rings. The fourth-order valence-corrected chi connectivity index (χ4v) is 3.24. The first kappa shape index (κ1) is 14.0. The van der Waals surface area contributed by atoms with Gasteiger partial charge in [0.25, 0.3) is 0 Å². The lowest BCUT2D eigenvalue weighted by Crippen LogP contribution is -2.33. The van der Waals surface area contributed by atoms with Crippen LogP contribution < -0.4 is 11.1 Å². The summed E-state index contributed by atoms with van der Waals surface area (Å²) in [6.07, 6.45) is 0.975. The summed E-state index contributed by atoms with van der Waals surface area (Å²) in [4.78, 5) is 11.3. The molecule has 0 amide bonds. The summed E-state index contributed by atoms with van der Waals surface area (Å²) in [6, 6.07) is 4.19. The number of thiazole rings is 1. The molecule has 2 aromatic heterocycles. The Labute approximate surface area is 121 Å². The normalized spacial score (nSPS) is 11.8. The maximum Gasteiger partial charge on any atom is 0.188 e. The first-order chi connectivity index (χ1) is 9.15. The highest BCUT2D eigenvalue weighted by Crippen LogP contribution is 2.16. The highest BCUT2D eigenvalue weighted by molar-refractivity contribution is 7.11. The molecule has 2 heterocycles. The smallest absolute Gasteiger partial charge is 0.188 e. The van der Waals surface area contributed by atoms with Gasteiger partial charge < -0.3 is 11.1 Å². The van der Waals surface area contributed by atoms with Crippen molar-refractivity contribution in [2.45, 2.75) is 26.8 Å². The van der Waals surface area contributed by atoms with Gasteiger partial charge in [0.15, 0.2) is 5.96 Å². The van der Waals surface area contributed by atoms with Gasteiger partial charge in [-0.1, -0.05) is 6.07 Å². The monoisotopic (exact) mass is 294 g/mol. The molecule has 0 unspecified atom stereocenters. The third-order valence-electron chi connectivity index (χ3n) is 2.66. The lowest BCUT2D eigenvalue weighted by molar-refractivity contribution is 0.852. The zero-order valence-electron chi connectivity index (χ0n) is 11.1. The molecule has 19 heavy (non-hydrogen) atoms. The van der Waals surface area contributed by atoms with Gasteiger partial charge in [0, 0.05) is 16.3 Å². The average Bonchev–Trinajstić information content (AvgIpc) is 2.97. The number of aliphatic imine (C=N–C) groups is 1. The highest BCUT2D eigenvalue weighted by Gasteiger charge is 2.03. The number of rotatable bonds is 5. The lowest BCUT2D eigenvalue weighted by atomic mass is 10.3. The van der Waals surface area contributed by atoms with Gasteiger partial charge in [-0.3, -0.25) is 0 Å². The van der Waals surface area contributed by atoms with Crippen LogP contribution in [0.15, 0.2) is 22.5 Å². The minimum Gasteiger partial charge on any atom is -0.370 e. The van der Waals surface area contributed by atoms with Crippen molar-refractivity contribution in [3.63, 3.8) is 0 Å². The molecular weight excluding hydrogens is 276 g/mol. The molecule has 6 heteroatoms. The van der Waals surface area contributed by atoms with Crippen molar-refractivity contribution in [2.24, 2.45) is 10.7 Å². The van der Waals surface area contributed by atoms with Gasteiger partial charge in [-0.25, -0.2) is 9.98 Å². The molecule has 0 radical (unpaired) electrons. The van der Waals surface area contributed by atoms with E-state index in [1.165, 1.54) is 9.75 Å². The summed E-state index contributed by atoms with van der Waals surface area (Å²) in [7, 11) is 0. The Kier molecular flexibility index (Phi) is 4.93. The van der Waals surface area contributed by atoms with Crippen LogP contribution in [0, 0.1) is 13.8 Å². The molecule has 4 nitrogen and oxygen atoms in total. The van der Waals surface area contributed by atoms with Crippen molar-refractivity contribution in [3.8, 4) is 0 Å². The van der Waals surface area contributed by atoms with Gasteiger partial charge in [0.2, 0.25) is 0 Å². The molecule has 0 fully saturated rings. The molecule has 0 saturated heterocycles. The summed E-state index contributed by atoms with van der Waals surface area (Å²) in [6.45, 7) is 5.43. The van der Waals surface area contributed by atoms with Crippen LogP contribution in [0.1, 0.15) is 20.5 Å². The number of nitrogens with zero attached hydrogens (tertiary/aromatic N) is 2. The van der Waals surface area contributed by atoms with Crippen LogP contribution in [-0.4, -0.2) is 17.5 Å². The molecule has 0 aromatic carbocycles. The first-order valence-electron chi connectivity index (χ1n) is 6.14. The Balaban J connectivity index is 1.78. The van der Waals surface area contributed by atoms with Gasteiger partial charge >= 0.3 is 0 Å². The molecule has 2 aromatic rings. The van der Waals surface area contributed by atoms with E-state index in [9.17, 15) is 0 Å². The van der Waals surface area contributed by atoms with Gasteiger partial charge in [-0.05, 0) is 31.7 Å². The third-order valence-corrected chi connectivity index (χ3v) is 4.52. The molecular formula is C13H18N4S2. The number of aromatic nitrogens is 1. The van der Waals surface area contributed by atoms with Crippen LogP contribution >= 0.6 is 22.7 Å². The van der Waals surface area contributed by atoms with Crippen molar-refractivity contribution in [1.29, 1.82) is 0 Å². The van der Waals surface area contributed by atoms with Crippen LogP contribution in [0.5, 0.6) is 0 Å². The maximum atomic E-state index is 5.84. The largest absolute Gasteiger partial charge is 0.370 e. The van der Waals surface area contributed by atoms with Crippen molar-refractivity contribution in [2.75, 3.05) is 6.54 Å². The highest BCUT2D eigenvalue weighted by atomic mass is 32.1. The SMILES string of the molecule is Cc1nc(CN=C(N)NCCc2cccs2)c(C)s1. The molecule has 0 atom stereocenters. The Morgan fingerprint density at radius 1 is 1.47 bits per heavy atom. The minimum absolute atomic E-state index is 0.488. The average molecular weight is 294 g/mol. The summed E-state index contributed by atoms with van der Waals surface area (Å²) in [5, 5.41) is 6.29. The summed E-state index contributed by atoms with van der Waals surface area (Å²) in [5.74, 6) is 0.488. The van der Waals surface area contributed by atoms with E-state index < -0.39 is 0 Å².